The van der Waals surface area contributed by atoms with Crippen molar-refractivity contribution in [3.63, 3.8) is 0 Å². The second kappa shape index (κ2) is 6.56. The molecule has 0 unspecified atom stereocenters. The molecule has 0 saturated carbocycles. The number of rotatable bonds is 4. The Morgan fingerprint density at radius 1 is 0.963 bits per heavy atom. The third-order valence-corrected chi connectivity index (χ3v) is 4.01. The zero-order chi connectivity index (χ0) is 19.0. The third kappa shape index (κ3) is 3.01. The van der Waals surface area contributed by atoms with E-state index in [9.17, 15) is 18.0 Å². The molecule has 0 amide bonds. The number of carbonyl (C=O) groups is 1. The summed E-state index contributed by atoms with van der Waals surface area (Å²) in [6.07, 6.45) is 2.59. The lowest BCUT2D eigenvalue weighted by molar-refractivity contribution is 0.103. The average molecular weight is 368 g/mol. The highest BCUT2D eigenvalue weighted by Gasteiger charge is 2.23. The zero-order valence-electron chi connectivity index (χ0n) is 13.6. The molecule has 0 spiro atoms. The van der Waals surface area contributed by atoms with Gasteiger partial charge >= 0.3 is 0 Å². The summed E-state index contributed by atoms with van der Waals surface area (Å²) in [4.78, 5) is 23.7. The Balaban J connectivity index is 1.83. The molecule has 0 aliphatic heterocycles. The highest BCUT2D eigenvalue weighted by molar-refractivity contribution is 6.18. The predicted octanol–water partition coefficient (Wildman–Crippen LogP) is 4.35. The van der Waals surface area contributed by atoms with Crippen LogP contribution in [0, 0.1) is 17.5 Å². The Kier molecular flexibility index (Phi) is 4.08. The highest BCUT2D eigenvalue weighted by Crippen LogP contribution is 2.29. The molecule has 2 heterocycles. The van der Waals surface area contributed by atoms with Gasteiger partial charge in [-0.1, -0.05) is 6.07 Å². The van der Waals surface area contributed by atoms with Crippen molar-refractivity contribution in [2.75, 3.05) is 5.32 Å². The largest absolute Gasteiger partial charge is 0.345 e. The van der Waals surface area contributed by atoms with E-state index in [2.05, 4.69) is 20.3 Å². The van der Waals surface area contributed by atoms with Gasteiger partial charge < -0.3 is 10.3 Å². The van der Waals surface area contributed by atoms with Crippen molar-refractivity contribution in [2.45, 2.75) is 0 Å². The second-order valence-corrected chi connectivity index (χ2v) is 5.71. The summed E-state index contributed by atoms with van der Waals surface area (Å²) in [5.74, 6) is -2.92. The standard InChI is InChI=1S/C19H11F3N4O/c20-10-4-6-11(7-5-10)26-19-15-12(8-23-18(15)24-9-25-19)17(27)16-13(21)2-1-3-14(16)22/h1-9H,(H2,23,24,25,26). The van der Waals surface area contributed by atoms with Crippen LogP contribution in [0.5, 0.6) is 0 Å². The van der Waals surface area contributed by atoms with Gasteiger partial charge in [-0.25, -0.2) is 23.1 Å². The van der Waals surface area contributed by atoms with E-state index >= 15 is 0 Å². The van der Waals surface area contributed by atoms with E-state index in [-0.39, 0.29) is 16.8 Å². The van der Waals surface area contributed by atoms with Crippen molar-refractivity contribution in [3.8, 4) is 0 Å². The summed E-state index contributed by atoms with van der Waals surface area (Å²) in [7, 11) is 0. The summed E-state index contributed by atoms with van der Waals surface area (Å²) < 4.78 is 41.1. The third-order valence-electron chi connectivity index (χ3n) is 4.01. The van der Waals surface area contributed by atoms with Gasteiger partial charge in [-0.3, -0.25) is 4.79 Å². The Morgan fingerprint density at radius 3 is 2.37 bits per heavy atom. The summed E-state index contributed by atoms with van der Waals surface area (Å²) in [5.41, 5.74) is 0.192. The maximum atomic E-state index is 14.0. The van der Waals surface area contributed by atoms with Crippen LogP contribution in [-0.2, 0) is 0 Å². The van der Waals surface area contributed by atoms with Gasteiger partial charge in [0.25, 0.3) is 0 Å². The summed E-state index contributed by atoms with van der Waals surface area (Å²) >= 11 is 0. The molecule has 4 aromatic rings. The lowest BCUT2D eigenvalue weighted by Gasteiger charge is -2.08. The number of nitrogens with one attached hydrogen (secondary N) is 2. The van der Waals surface area contributed by atoms with E-state index in [0.29, 0.717) is 11.3 Å². The molecule has 2 aromatic heterocycles. The predicted molar refractivity (Wildman–Crippen MR) is 93.4 cm³/mol. The lowest BCUT2D eigenvalue weighted by atomic mass is 10.0. The number of carbonyl (C=O) groups excluding carboxylic acids is 1. The number of aromatic amines is 1. The van der Waals surface area contributed by atoms with Gasteiger partial charge in [0.05, 0.1) is 16.5 Å². The summed E-state index contributed by atoms with van der Waals surface area (Å²) in [6, 6.07) is 8.72. The van der Waals surface area contributed by atoms with E-state index in [4.69, 9.17) is 0 Å². The zero-order valence-corrected chi connectivity index (χ0v) is 13.6. The van der Waals surface area contributed by atoms with E-state index in [1.165, 1.54) is 42.9 Å². The van der Waals surface area contributed by atoms with Gasteiger partial charge in [0.2, 0.25) is 5.78 Å². The number of ketones is 1. The number of hydrogen-bond donors (Lipinski definition) is 2. The van der Waals surface area contributed by atoms with Crippen molar-refractivity contribution >= 4 is 28.3 Å². The number of hydrogen-bond acceptors (Lipinski definition) is 4. The summed E-state index contributed by atoms with van der Waals surface area (Å²) in [5, 5.41) is 3.23. The fourth-order valence-electron chi connectivity index (χ4n) is 2.76. The van der Waals surface area contributed by atoms with E-state index in [1.54, 1.807) is 0 Å². The van der Waals surface area contributed by atoms with Gasteiger partial charge in [0.15, 0.2) is 0 Å². The first-order valence-corrected chi connectivity index (χ1v) is 7.88. The minimum absolute atomic E-state index is 0.0132. The number of nitrogens with zero attached hydrogens (tertiary/aromatic N) is 2. The molecule has 0 aliphatic carbocycles. The van der Waals surface area contributed by atoms with Crippen LogP contribution in [0.2, 0.25) is 0 Å². The van der Waals surface area contributed by atoms with Crippen LogP contribution in [-0.4, -0.2) is 20.7 Å². The lowest BCUT2D eigenvalue weighted by Crippen LogP contribution is -2.08. The molecule has 5 nitrogen and oxygen atoms in total. The molecule has 0 radical (unpaired) electrons. The molecule has 134 valence electrons. The monoisotopic (exact) mass is 368 g/mol. The fraction of sp³-hybridized carbons (Fsp3) is 0. The molecule has 27 heavy (non-hydrogen) atoms. The molecule has 2 aromatic carbocycles. The average Bonchev–Trinajstić information content (AvgIpc) is 3.08. The molecule has 4 rings (SSSR count). The molecular formula is C19H11F3N4O. The molecule has 2 N–H and O–H groups in total. The normalized spacial score (nSPS) is 10.9. The van der Waals surface area contributed by atoms with Crippen LogP contribution in [0.15, 0.2) is 55.0 Å². The number of aromatic nitrogens is 3. The number of fused-ring (bicyclic) bond motifs is 1. The van der Waals surface area contributed by atoms with Crippen molar-refractivity contribution in [3.05, 3.63) is 83.6 Å². The molecule has 0 atom stereocenters. The Morgan fingerprint density at radius 2 is 1.67 bits per heavy atom. The maximum Gasteiger partial charge on any atom is 0.201 e. The van der Waals surface area contributed by atoms with Crippen LogP contribution < -0.4 is 5.32 Å². The van der Waals surface area contributed by atoms with Gasteiger partial charge in [0.1, 0.15) is 35.2 Å². The van der Waals surface area contributed by atoms with Crippen LogP contribution in [0.4, 0.5) is 24.7 Å². The van der Waals surface area contributed by atoms with Crippen LogP contribution in [0.1, 0.15) is 15.9 Å². The Labute approximate surface area is 150 Å². The molecule has 0 fully saturated rings. The Hall–Kier alpha value is -3.68. The molecule has 0 bridgehead atoms. The van der Waals surface area contributed by atoms with Gasteiger partial charge in [0, 0.05) is 11.9 Å². The highest BCUT2D eigenvalue weighted by atomic mass is 19.1. The molecule has 8 heteroatoms. The topological polar surface area (TPSA) is 70.7 Å². The van der Waals surface area contributed by atoms with Gasteiger partial charge in [-0.2, -0.15) is 0 Å². The smallest absolute Gasteiger partial charge is 0.201 e. The first-order valence-electron chi connectivity index (χ1n) is 7.88. The number of H-pyrrole nitrogens is 1. The number of benzene rings is 2. The van der Waals surface area contributed by atoms with E-state index in [0.717, 1.165) is 12.1 Å². The minimum atomic E-state index is -0.959. The van der Waals surface area contributed by atoms with Crippen molar-refractivity contribution < 1.29 is 18.0 Å². The van der Waals surface area contributed by atoms with Gasteiger partial charge in [-0.15, -0.1) is 0 Å². The summed E-state index contributed by atoms with van der Waals surface area (Å²) in [6.45, 7) is 0. The van der Waals surface area contributed by atoms with E-state index in [1.807, 2.05) is 0 Å². The van der Waals surface area contributed by atoms with Crippen molar-refractivity contribution in [2.24, 2.45) is 0 Å². The van der Waals surface area contributed by atoms with E-state index < -0.39 is 28.8 Å². The first-order chi connectivity index (χ1) is 13.0. The van der Waals surface area contributed by atoms with Crippen LogP contribution >= 0.6 is 0 Å². The van der Waals surface area contributed by atoms with Crippen molar-refractivity contribution in [1.82, 2.24) is 15.0 Å². The second-order valence-electron chi connectivity index (χ2n) is 5.71. The number of halogens is 3. The van der Waals surface area contributed by atoms with Crippen LogP contribution in [0.25, 0.3) is 11.0 Å². The fourth-order valence-corrected chi connectivity index (χ4v) is 2.76. The van der Waals surface area contributed by atoms with Crippen molar-refractivity contribution in [1.29, 1.82) is 0 Å². The molecule has 0 aliphatic rings. The molecule has 0 saturated heterocycles. The number of anilines is 2. The maximum absolute atomic E-state index is 14.0. The first kappa shape index (κ1) is 16.8. The SMILES string of the molecule is O=C(c1c(F)cccc1F)c1c[nH]c2ncnc(Nc3ccc(F)cc3)c12. The van der Waals surface area contributed by atoms with Crippen LogP contribution in [0.3, 0.4) is 0 Å². The Bertz CT molecular complexity index is 1140. The quantitative estimate of drug-likeness (QED) is 0.526. The minimum Gasteiger partial charge on any atom is -0.345 e. The van der Waals surface area contributed by atoms with Gasteiger partial charge in [-0.05, 0) is 36.4 Å². The molecular weight excluding hydrogens is 357 g/mol.